The Balaban J connectivity index is 2.89. The van der Waals surface area contributed by atoms with Crippen molar-refractivity contribution in [3.63, 3.8) is 0 Å². The van der Waals surface area contributed by atoms with Gasteiger partial charge in [0, 0.05) is 4.43 Å². The van der Waals surface area contributed by atoms with E-state index in [1.165, 1.54) is 15.6 Å². The van der Waals surface area contributed by atoms with Gasteiger partial charge >= 0.3 is 0 Å². The summed E-state index contributed by atoms with van der Waals surface area (Å²) in [7, 11) is 0. The number of hydrogen-bond donors (Lipinski definition) is 0. The first-order valence-electron chi connectivity index (χ1n) is 5.11. The molecular weight excluding hydrogens is 283 g/mol. The fourth-order valence-corrected chi connectivity index (χ4v) is 1.91. The van der Waals surface area contributed by atoms with Crippen LogP contribution < -0.4 is 0 Å². The van der Waals surface area contributed by atoms with Gasteiger partial charge in [0.2, 0.25) is 0 Å². The molecule has 1 heteroatoms. The van der Waals surface area contributed by atoms with Crippen molar-refractivity contribution in [3.05, 3.63) is 35.4 Å². The van der Waals surface area contributed by atoms with E-state index in [0.717, 1.165) is 0 Å². The van der Waals surface area contributed by atoms with Gasteiger partial charge in [0.15, 0.2) is 0 Å². The molecule has 1 unspecified atom stereocenters. The zero-order valence-corrected chi connectivity index (χ0v) is 11.6. The molecule has 0 spiro atoms. The molecule has 14 heavy (non-hydrogen) atoms. The van der Waals surface area contributed by atoms with Gasteiger partial charge in [-0.3, -0.25) is 0 Å². The third-order valence-corrected chi connectivity index (χ3v) is 3.90. The fourth-order valence-electron chi connectivity index (χ4n) is 1.40. The summed E-state index contributed by atoms with van der Waals surface area (Å²) in [5, 5.41) is 0. The van der Waals surface area contributed by atoms with Crippen molar-refractivity contribution in [1.29, 1.82) is 0 Å². The third kappa shape index (κ3) is 2.97. The lowest BCUT2D eigenvalue weighted by molar-refractivity contribution is 0.589. The summed E-state index contributed by atoms with van der Waals surface area (Å²) in [6.45, 7) is 9.04. The Morgan fingerprint density at radius 3 is 2.00 bits per heavy atom. The molecule has 1 aromatic carbocycles. The van der Waals surface area contributed by atoms with E-state index in [4.69, 9.17) is 0 Å². The quantitative estimate of drug-likeness (QED) is 0.556. The smallest absolute Gasteiger partial charge is 0.00616 e. The topological polar surface area (TPSA) is 0 Å². The van der Waals surface area contributed by atoms with Crippen LogP contribution in [0.2, 0.25) is 0 Å². The summed E-state index contributed by atoms with van der Waals surface area (Å²) < 4.78 is 1.19. The highest BCUT2D eigenvalue weighted by Gasteiger charge is 2.13. The van der Waals surface area contributed by atoms with Crippen LogP contribution in [0.1, 0.15) is 44.7 Å². The molecule has 0 aliphatic heterocycles. The Kier molecular flexibility index (Phi) is 3.99. The van der Waals surface area contributed by atoms with E-state index in [9.17, 15) is 0 Å². The van der Waals surface area contributed by atoms with Gasteiger partial charge in [0.1, 0.15) is 0 Å². The van der Waals surface area contributed by atoms with Crippen LogP contribution >= 0.6 is 22.6 Å². The Labute approximate surface area is 101 Å². The van der Waals surface area contributed by atoms with Gasteiger partial charge < -0.3 is 0 Å². The van der Waals surface area contributed by atoms with Gasteiger partial charge in [-0.25, -0.2) is 0 Å². The lowest BCUT2D eigenvalue weighted by Crippen LogP contribution is -2.10. The molecule has 0 aromatic heterocycles. The molecule has 0 fully saturated rings. The largest absolute Gasteiger partial charge is 0.0857 e. The van der Waals surface area contributed by atoms with Crippen LogP contribution in [-0.4, -0.2) is 4.43 Å². The molecule has 1 rings (SSSR count). The van der Waals surface area contributed by atoms with Crippen molar-refractivity contribution in [2.45, 2.75) is 39.0 Å². The normalized spacial score (nSPS) is 14.1. The van der Waals surface area contributed by atoms with Crippen LogP contribution in [0.25, 0.3) is 0 Å². The highest BCUT2D eigenvalue weighted by molar-refractivity contribution is 14.1. The number of alkyl halides is 1. The van der Waals surface area contributed by atoms with E-state index >= 15 is 0 Å². The molecule has 0 aliphatic carbocycles. The zero-order valence-electron chi connectivity index (χ0n) is 9.47. The zero-order chi connectivity index (χ0) is 10.8. The molecule has 0 bridgehead atoms. The second-order valence-corrected chi connectivity index (χ2v) is 5.81. The predicted molar refractivity (Wildman–Crippen MR) is 72.4 cm³/mol. The summed E-state index contributed by atoms with van der Waals surface area (Å²) >= 11 is 2.44. The predicted octanol–water partition coefficient (Wildman–Crippen LogP) is 4.52. The van der Waals surface area contributed by atoms with Crippen LogP contribution in [0, 0.1) is 0 Å². The third-order valence-electron chi connectivity index (χ3n) is 2.58. The summed E-state index contributed by atoms with van der Waals surface area (Å²) in [6, 6.07) is 9.06. The summed E-state index contributed by atoms with van der Waals surface area (Å²) in [5.41, 5.74) is 3.14. The molecule has 0 N–H and O–H groups in total. The maximum Gasteiger partial charge on any atom is 0.00616 e. The lowest BCUT2D eigenvalue weighted by atomic mass is 9.86. The highest BCUT2D eigenvalue weighted by Crippen LogP contribution is 2.25. The minimum absolute atomic E-state index is 0.270. The van der Waals surface area contributed by atoms with Crippen molar-refractivity contribution in [2.75, 3.05) is 4.43 Å². The van der Waals surface area contributed by atoms with Crippen LogP contribution in [-0.2, 0) is 5.41 Å². The molecule has 0 radical (unpaired) electrons. The first-order valence-corrected chi connectivity index (χ1v) is 6.64. The minimum atomic E-state index is 0.270. The fraction of sp³-hybridized carbons (Fsp3) is 0.538. The van der Waals surface area contributed by atoms with Gasteiger partial charge in [-0.05, 0) is 22.5 Å². The Hall–Kier alpha value is -0.0500. The second-order valence-electron chi connectivity index (χ2n) is 4.93. The molecule has 1 atom stereocenters. The Bertz CT molecular complexity index is 279. The minimum Gasteiger partial charge on any atom is -0.0857 e. The summed E-state index contributed by atoms with van der Waals surface area (Å²) in [5.74, 6) is 0.671. The van der Waals surface area contributed by atoms with E-state index in [1.807, 2.05) is 0 Å². The molecule has 0 heterocycles. The van der Waals surface area contributed by atoms with Gasteiger partial charge in [-0.1, -0.05) is 74.6 Å². The van der Waals surface area contributed by atoms with Crippen molar-refractivity contribution >= 4 is 22.6 Å². The first-order chi connectivity index (χ1) is 6.45. The van der Waals surface area contributed by atoms with Crippen LogP contribution in [0.15, 0.2) is 24.3 Å². The molecular formula is C13H19I. The van der Waals surface area contributed by atoms with E-state index < -0.39 is 0 Å². The van der Waals surface area contributed by atoms with Crippen LogP contribution in [0.4, 0.5) is 0 Å². The van der Waals surface area contributed by atoms with Gasteiger partial charge in [-0.2, -0.15) is 0 Å². The molecule has 0 saturated carbocycles. The summed E-state index contributed by atoms with van der Waals surface area (Å²) in [6.07, 6.45) is 0. The summed E-state index contributed by atoms with van der Waals surface area (Å²) in [4.78, 5) is 0. The second kappa shape index (κ2) is 4.65. The standard InChI is InChI=1S/C13H19I/c1-10(9-14)11-5-7-12(8-6-11)13(2,3)4/h5-8,10H,9H2,1-4H3. The average Bonchev–Trinajstić information content (AvgIpc) is 2.15. The Morgan fingerprint density at radius 2 is 1.64 bits per heavy atom. The van der Waals surface area contributed by atoms with E-state index in [-0.39, 0.29) is 5.41 Å². The SMILES string of the molecule is CC(CI)c1ccc(C(C)(C)C)cc1. The lowest BCUT2D eigenvalue weighted by Gasteiger charge is -2.19. The maximum atomic E-state index is 2.44. The monoisotopic (exact) mass is 302 g/mol. The first kappa shape index (κ1) is 12.0. The molecule has 78 valence electrons. The molecule has 1 aromatic rings. The number of halogens is 1. The van der Waals surface area contributed by atoms with Gasteiger partial charge in [0.05, 0.1) is 0 Å². The number of hydrogen-bond acceptors (Lipinski definition) is 0. The molecule has 0 amide bonds. The molecule has 0 nitrogen and oxygen atoms in total. The highest BCUT2D eigenvalue weighted by atomic mass is 127. The Morgan fingerprint density at radius 1 is 1.14 bits per heavy atom. The van der Waals surface area contributed by atoms with Crippen molar-refractivity contribution in [3.8, 4) is 0 Å². The maximum absolute atomic E-state index is 2.44. The van der Waals surface area contributed by atoms with Crippen LogP contribution in [0.3, 0.4) is 0 Å². The van der Waals surface area contributed by atoms with Crippen molar-refractivity contribution < 1.29 is 0 Å². The van der Waals surface area contributed by atoms with Crippen LogP contribution in [0.5, 0.6) is 0 Å². The van der Waals surface area contributed by atoms with Gasteiger partial charge in [-0.15, -0.1) is 0 Å². The van der Waals surface area contributed by atoms with E-state index in [2.05, 4.69) is 74.6 Å². The number of rotatable bonds is 2. The molecule has 0 saturated heterocycles. The molecule has 0 aliphatic rings. The van der Waals surface area contributed by atoms with Gasteiger partial charge in [0.25, 0.3) is 0 Å². The van der Waals surface area contributed by atoms with Crippen molar-refractivity contribution in [1.82, 2.24) is 0 Å². The van der Waals surface area contributed by atoms with Crippen molar-refractivity contribution in [2.24, 2.45) is 0 Å². The van der Waals surface area contributed by atoms with E-state index in [1.54, 1.807) is 0 Å². The van der Waals surface area contributed by atoms with E-state index in [0.29, 0.717) is 5.92 Å². The number of benzene rings is 1. The average molecular weight is 302 g/mol.